The predicted octanol–water partition coefficient (Wildman–Crippen LogP) is 5.45. The second-order valence-electron chi connectivity index (χ2n) is 11.3. The van der Waals surface area contributed by atoms with E-state index < -0.39 is 16.9 Å². The van der Waals surface area contributed by atoms with Crippen LogP contribution in [0, 0.1) is 12.8 Å². The van der Waals surface area contributed by atoms with Gasteiger partial charge in [0, 0.05) is 22.9 Å². The molecule has 204 valence electrons. The molecule has 2 saturated heterocycles. The number of hydrogen-bond acceptors (Lipinski definition) is 5. The summed E-state index contributed by atoms with van der Waals surface area (Å²) in [5.41, 5.74) is 0.954. The highest BCUT2D eigenvalue weighted by molar-refractivity contribution is 6.35. The summed E-state index contributed by atoms with van der Waals surface area (Å²) in [7, 11) is 0. The SMILES string of the molecule is CCCOc1ccc(C(=O)[C@H]2[C@@H]3CCCN3[C@@]3(C(=O)Nc4c(Cl)cc(C)cc43)[C@]23C(=O)Nc2ccccc23)cc1. The summed E-state index contributed by atoms with van der Waals surface area (Å²) in [6.45, 7) is 5.15. The van der Waals surface area contributed by atoms with E-state index in [1.54, 1.807) is 24.3 Å². The molecular weight excluding hydrogens is 526 g/mol. The summed E-state index contributed by atoms with van der Waals surface area (Å²) in [6, 6.07) is 18.1. The van der Waals surface area contributed by atoms with Crippen molar-refractivity contribution in [3.63, 3.8) is 0 Å². The van der Waals surface area contributed by atoms with Crippen molar-refractivity contribution in [2.75, 3.05) is 23.8 Å². The van der Waals surface area contributed by atoms with Gasteiger partial charge < -0.3 is 15.4 Å². The number of para-hydroxylation sites is 1. The molecule has 4 heterocycles. The third-order valence-corrected chi connectivity index (χ3v) is 9.49. The van der Waals surface area contributed by atoms with Gasteiger partial charge in [0.1, 0.15) is 16.7 Å². The highest BCUT2D eigenvalue weighted by Crippen LogP contribution is 2.68. The molecule has 7 rings (SSSR count). The minimum absolute atomic E-state index is 0.150. The summed E-state index contributed by atoms with van der Waals surface area (Å²) in [6.07, 6.45) is 2.41. The highest BCUT2D eigenvalue weighted by Gasteiger charge is 2.81. The number of Topliss-reactive ketones (excluding diaryl/α,β-unsaturated/α-hetero) is 1. The van der Waals surface area contributed by atoms with Crippen molar-refractivity contribution >= 4 is 40.6 Å². The van der Waals surface area contributed by atoms with Gasteiger partial charge in [0.2, 0.25) is 5.91 Å². The second-order valence-corrected chi connectivity index (χ2v) is 11.7. The molecule has 4 aliphatic rings. The smallest absolute Gasteiger partial charge is 0.251 e. The zero-order chi connectivity index (χ0) is 27.8. The Labute approximate surface area is 237 Å². The molecule has 0 bridgehead atoms. The minimum atomic E-state index is -1.49. The summed E-state index contributed by atoms with van der Waals surface area (Å²) in [5, 5.41) is 6.54. The van der Waals surface area contributed by atoms with E-state index in [0.717, 1.165) is 18.4 Å². The fourth-order valence-corrected chi connectivity index (χ4v) is 8.21. The number of aryl methyl sites for hydroxylation is 1. The number of benzene rings is 3. The molecular formula is C32H30ClN3O4. The maximum absolute atomic E-state index is 14.7. The molecule has 0 unspecified atom stereocenters. The first-order chi connectivity index (χ1) is 19.3. The van der Waals surface area contributed by atoms with E-state index in [-0.39, 0.29) is 23.6 Å². The molecule has 0 radical (unpaired) electrons. The summed E-state index contributed by atoms with van der Waals surface area (Å²) in [5.74, 6) is -0.895. The van der Waals surface area contributed by atoms with E-state index in [9.17, 15) is 14.4 Å². The van der Waals surface area contributed by atoms with Crippen LogP contribution in [-0.2, 0) is 20.5 Å². The van der Waals surface area contributed by atoms with Crippen molar-refractivity contribution in [1.29, 1.82) is 0 Å². The molecule has 7 nitrogen and oxygen atoms in total. The third kappa shape index (κ3) is 3.02. The molecule has 0 aromatic heterocycles. The van der Waals surface area contributed by atoms with Gasteiger partial charge in [-0.25, -0.2) is 0 Å². The Morgan fingerprint density at radius 1 is 1.05 bits per heavy atom. The normalized spacial score (nSPS) is 28.0. The molecule has 2 amide bonds. The molecule has 3 aromatic rings. The topological polar surface area (TPSA) is 87.7 Å². The van der Waals surface area contributed by atoms with Crippen LogP contribution in [0.4, 0.5) is 11.4 Å². The average molecular weight is 556 g/mol. The maximum atomic E-state index is 14.7. The number of hydrogen-bond donors (Lipinski definition) is 2. The lowest BCUT2D eigenvalue weighted by atomic mass is 9.57. The number of rotatable bonds is 5. The van der Waals surface area contributed by atoms with Gasteiger partial charge in [-0.05, 0) is 80.3 Å². The van der Waals surface area contributed by atoms with Gasteiger partial charge in [0.05, 0.1) is 23.2 Å². The van der Waals surface area contributed by atoms with Crippen LogP contribution in [0.2, 0.25) is 5.02 Å². The molecule has 8 heteroatoms. The van der Waals surface area contributed by atoms with Crippen molar-refractivity contribution in [2.24, 2.45) is 5.92 Å². The van der Waals surface area contributed by atoms with E-state index in [1.807, 2.05) is 50.2 Å². The fraction of sp³-hybridized carbons (Fsp3) is 0.344. The Bertz CT molecular complexity index is 1590. The first-order valence-electron chi connectivity index (χ1n) is 13.9. The fourth-order valence-electron chi connectivity index (χ4n) is 7.89. The van der Waals surface area contributed by atoms with Gasteiger partial charge >= 0.3 is 0 Å². The number of halogens is 1. The lowest BCUT2D eigenvalue weighted by molar-refractivity contribution is -0.137. The Morgan fingerprint density at radius 3 is 2.60 bits per heavy atom. The number of nitrogens with zero attached hydrogens (tertiary/aromatic N) is 1. The molecule has 3 aromatic carbocycles. The van der Waals surface area contributed by atoms with Crippen molar-refractivity contribution < 1.29 is 19.1 Å². The Balaban J connectivity index is 1.50. The second kappa shape index (κ2) is 8.91. The number of ether oxygens (including phenoxy) is 1. The molecule has 4 atom stereocenters. The van der Waals surface area contributed by atoms with Crippen LogP contribution >= 0.6 is 11.6 Å². The largest absolute Gasteiger partial charge is 0.494 e. The van der Waals surface area contributed by atoms with Crippen LogP contribution in [0.5, 0.6) is 5.75 Å². The van der Waals surface area contributed by atoms with Crippen molar-refractivity contribution in [3.05, 3.63) is 87.9 Å². The van der Waals surface area contributed by atoms with Crippen molar-refractivity contribution in [1.82, 2.24) is 4.90 Å². The van der Waals surface area contributed by atoms with Crippen molar-refractivity contribution in [3.8, 4) is 5.75 Å². The van der Waals surface area contributed by atoms with Gasteiger partial charge in [-0.1, -0.05) is 42.8 Å². The van der Waals surface area contributed by atoms with E-state index in [2.05, 4.69) is 15.5 Å². The zero-order valence-corrected chi connectivity index (χ0v) is 23.2. The first-order valence-corrected chi connectivity index (χ1v) is 14.3. The molecule has 4 aliphatic heterocycles. The number of amides is 2. The summed E-state index contributed by atoms with van der Waals surface area (Å²) < 4.78 is 5.74. The van der Waals surface area contributed by atoms with Crippen LogP contribution in [0.3, 0.4) is 0 Å². The van der Waals surface area contributed by atoms with Crippen LogP contribution in [-0.4, -0.2) is 41.7 Å². The van der Waals surface area contributed by atoms with Crippen molar-refractivity contribution in [2.45, 2.75) is 50.1 Å². The van der Waals surface area contributed by atoms with Crippen LogP contribution in [0.25, 0.3) is 0 Å². The molecule has 2 fully saturated rings. The van der Waals surface area contributed by atoms with Crippen LogP contribution in [0.1, 0.15) is 53.2 Å². The van der Waals surface area contributed by atoms with E-state index >= 15 is 0 Å². The van der Waals surface area contributed by atoms with E-state index in [1.165, 1.54) is 0 Å². The van der Waals surface area contributed by atoms with Crippen LogP contribution < -0.4 is 15.4 Å². The number of anilines is 2. The van der Waals surface area contributed by atoms with Gasteiger partial charge in [0.15, 0.2) is 5.78 Å². The van der Waals surface area contributed by atoms with E-state index in [4.69, 9.17) is 16.3 Å². The molecule has 2 spiro atoms. The minimum Gasteiger partial charge on any atom is -0.494 e. The number of nitrogens with one attached hydrogen (secondary N) is 2. The van der Waals surface area contributed by atoms with E-state index in [0.29, 0.717) is 58.4 Å². The third-order valence-electron chi connectivity index (χ3n) is 9.20. The maximum Gasteiger partial charge on any atom is 0.251 e. The molecule has 0 aliphatic carbocycles. The standard InChI is InChI=1S/C32H30ClN3O4/c1-3-15-40-20-12-10-19(11-13-20)28(37)26-25-9-6-14-36(25)32(22-16-18(2)17-23(33)27(22)35-30(32)39)31(26)21-7-4-5-8-24(21)34-29(31)38/h4-5,7-8,10-13,16-17,25-26H,3,6,9,14-15H2,1-2H3,(H,34,38)(H,35,39)/t25-,26+,31-,32-/m0/s1. The Kier molecular flexibility index (Phi) is 5.64. The molecule has 2 N–H and O–H groups in total. The summed E-state index contributed by atoms with van der Waals surface area (Å²) in [4.78, 5) is 45.9. The molecule has 0 saturated carbocycles. The number of carbonyl (C=O) groups is 3. The first kappa shape index (κ1) is 25.3. The lowest BCUT2D eigenvalue weighted by Gasteiger charge is -2.43. The highest BCUT2D eigenvalue weighted by atomic mass is 35.5. The number of carbonyl (C=O) groups excluding carboxylic acids is 3. The van der Waals surface area contributed by atoms with Gasteiger partial charge in [-0.3, -0.25) is 19.3 Å². The number of ketones is 1. The van der Waals surface area contributed by atoms with Gasteiger partial charge in [-0.2, -0.15) is 0 Å². The Morgan fingerprint density at radius 2 is 1.82 bits per heavy atom. The van der Waals surface area contributed by atoms with Gasteiger partial charge in [-0.15, -0.1) is 0 Å². The molecule has 40 heavy (non-hydrogen) atoms. The quantitative estimate of drug-likeness (QED) is 0.409. The monoisotopic (exact) mass is 555 g/mol. The number of fused-ring (bicyclic) bond motifs is 7. The summed E-state index contributed by atoms with van der Waals surface area (Å²) >= 11 is 6.71. The zero-order valence-electron chi connectivity index (χ0n) is 22.4. The lowest BCUT2D eigenvalue weighted by Crippen LogP contribution is -2.62. The predicted molar refractivity (Wildman–Crippen MR) is 153 cm³/mol. The average Bonchev–Trinajstić information content (AvgIpc) is 3.67. The van der Waals surface area contributed by atoms with Crippen LogP contribution in [0.15, 0.2) is 60.7 Å². The van der Waals surface area contributed by atoms with Gasteiger partial charge in [0.25, 0.3) is 5.91 Å². The Hall–Kier alpha value is -3.68.